The van der Waals surface area contributed by atoms with Crippen molar-refractivity contribution in [1.29, 1.82) is 0 Å². The standard InChI is InChI=1S/C13H16O2/c1-10(14)15-13-9-5-8-12(13)11-6-3-2-4-7-11/h2-4,6-7,12-13H,5,8-9H2,1H3/t12-,13+/m1/s1. The molecule has 0 radical (unpaired) electrons. The maximum Gasteiger partial charge on any atom is 0.302 e. The smallest absolute Gasteiger partial charge is 0.302 e. The Morgan fingerprint density at radius 3 is 2.67 bits per heavy atom. The molecule has 2 heteroatoms. The Morgan fingerprint density at radius 1 is 1.27 bits per heavy atom. The molecule has 0 heterocycles. The molecule has 0 aromatic heterocycles. The van der Waals surface area contributed by atoms with Gasteiger partial charge < -0.3 is 4.74 Å². The predicted octanol–water partition coefficient (Wildman–Crippen LogP) is 2.89. The first-order chi connectivity index (χ1) is 7.27. The predicted molar refractivity (Wildman–Crippen MR) is 58.6 cm³/mol. The van der Waals surface area contributed by atoms with Crippen LogP contribution in [0.1, 0.15) is 37.7 Å². The first-order valence-corrected chi connectivity index (χ1v) is 5.49. The van der Waals surface area contributed by atoms with Crippen molar-refractivity contribution in [1.82, 2.24) is 0 Å². The number of rotatable bonds is 2. The highest BCUT2D eigenvalue weighted by Gasteiger charge is 2.30. The first kappa shape index (κ1) is 10.2. The monoisotopic (exact) mass is 204 g/mol. The topological polar surface area (TPSA) is 26.3 Å². The Balaban J connectivity index is 2.11. The van der Waals surface area contributed by atoms with Crippen molar-refractivity contribution < 1.29 is 9.53 Å². The summed E-state index contributed by atoms with van der Waals surface area (Å²) in [6, 6.07) is 10.3. The molecule has 0 aliphatic heterocycles. The lowest BCUT2D eigenvalue weighted by molar-refractivity contribution is -0.146. The van der Waals surface area contributed by atoms with Gasteiger partial charge >= 0.3 is 5.97 Å². The zero-order valence-electron chi connectivity index (χ0n) is 8.98. The van der Waals surface area contributed by atoms with Crippen LogP contribution in [0.2, 0.25) is 0 Å². The van der Waals surface area contributed by atoms with E-state index in [-0.39, 0.29) is 12.1 Å². The van der Waals surface area contributed by atoms with Crippen LogP contribution in [0.4, 0.5) is 0 Å². The van der Waals surface area contributed by atoms with Crippen LogP contribution in [0.3, 0.4) is 0 Å². The van der Waals surface area contributed by atoms with Gasteiger partial charge in [0.05, 0.1) is 0 Å². The van der Waals surface area contributed by atoms with Crippen molar-refractivity contribution >= 4 is 5.97 Å². The Hall–Kier alpha value is -1.31. The minimum absolute atomic E-state index is 0.0879. The number of benzene rings is 1. The molecule has 2 rings (SSSR count). The molecule has 1 fully saturated rings. The van der Waals surface area contributed by atoms with E-state index >= 15 is 0 Å². The van der Waals surface area contributed by atoms with E-state index in [1.165, 1.54) is 12.5 Å². The number of esters is 1. The highest BCUT2D eigenvalue weighted by Crippen LogP contribution is 2.36. The molecule has 2 nitrogen and oxygen atoms in total. The zero-order valence-corrected chi connectivity index (χ0v) is 8.98. The molecule has 0 amide bonds. The molecular formula is C13H16O2. The lowest BCUT2D eigenvalue weighted by atomic mass is 9.96. The van der Waals surface area contributed by atoms with Gasteiger partial charge in [-0.2, -0.15) is 0 Å². The Labute approximate surface area is 90.3 Å². The van der Waals surface area contributed by atoms with Crippen molar-refractivity contribution in [3.8, 4) is 0 Å². The molecule has 1 aliphatic carbocycles. The van der Waals surface area contributed by atoms with Gasteiger partial charge in [-0.3, -0.25) is 4.79 Å². The third-order valence-corrected chi connectivity index (χ3v) is 3.00. The fraction of sp³-hybridized carbons (Fsp3) is 0.462. The molecule has 15 heavy (non-hydrogen) atoms. The Morgan fingerprint density at radius 2 is 2.00 bits per heavy atom. The van der Waals surface area contributed by atoms with Gasteiger partial charge in [-0.15, -0.1) is 0 Å². The molecule has 1 saturated carbocycles. The summed E-state index contributed by atoms with van der Waals surface area (Å²) in [4.78, 5) is 11.0. The zero-order chi connectivity index (χ0) is 10.7. The normalized spacial score (nSPS) is 25.1. The second kappa shape index (κ2) is 4.47. The fourth-order valence-corrected chi connectivity index (χ4v) is 2.36. The van der Waals surface area contributed by atoms with Gasteiger partial charge in [-0.1, -0.05) is 30.3 Å². The highest BCUT2D eigenvalue weighted by atomic mass is 16.5. The van der Waals surface area contributed by atoms with Crippen molar-refractivity contribution in [3.05, 3.63) is 35.9 Å². The van der Waals surface area contributed by atoms with E-state index in [2.05, 4.69) is 12.1 Å². The molecule has 1 aromatic rings. The van der Waals surface area contributed by atoms with E-state index in [1.807, 2.05) is 18.2 Å². The minimum atomic E-state index is -0.164. The molecule has 1 aliphatic rings. The number of carbonyl (C=O) groups excluding carboxylic acids is 1. The van der Waals surface area contributed by atoms with Crippen molar-refractivity contribution in [2.75, 3.05) is 0 Å². The molecule has 80 valence electrons. The summed E-state index contributed by atoms with van der Waals surface area (Å²) >= 11 is 0. The van der Waals surface area contributed by atoms with E-state index in [4.69, 9.17) is 4.74 Å². The first-order valence-electron chi connectivity index (χ1n) is 5.49. The van der Waals surface area contributed by atoms with Gasteiger partial charge in [-0.25, -0.2) is 0 Å². The highest BCUT2D eigenvalue weighted by molar-refractivity contribution is 5.66. The van der Waals surface area contributed by atoms with Crippen molar-refractivity contribution in [2.45, 2.75) is 38.2 Å². The maximum atomic E-state index is 11.0. The van der Waals surface area contributed by atoms with Crippen LogP contribution in [-0.4, -0.2) is 12.1 Å². The SMILES string of the molecule is CC(=O)O[C@H]1CCC[C@@H]1c1ccccc1. The van der Waals surface area contributed by atoms with Gasteiger partial charge in [0.25, 0.3) is 0 Å². The van der Waals surface area contributed by atoms with Crippen LogP contribution in [0.5, 0.6) is 0 Å². The molecule has 0 saturated heterocycles. The second-order valence-corrected chi connectivity index (χ2v) is 4.10. The summed E-state index contributed by atoms with van der Waals surface area (Å²) in [5.41, 5.74) is 1.29. The van der Waals surface area contributed by atoms with Crippen LogP contribution in [-0.2, 0) is 9.53 Å². The third kappa shape index (κ3) is 2.38. The van der Waals surface area contributed by atoms with E-state index in [1.54, 1.807) is 0 Å². The molecule has 0 unspecified atom stereocenters. The Kier molecular flexibility index (Phi) is 3.05. The average Bonchev–Trinajstić information content (AvgIpc) is 2.66. The van der Waals surface area contributed by atoms with Gasteiger partial charge in [0, 0.05) is 12.8 Å². The summed E-state index contributed by atoms with van der Waals surface area (Å²) in [5, 5.41) is 0. The quantitative estimate of drug-likeness (QED) is 0.692. The number of hydrogen-bond acceptors (Lipinski definition) is 2. The van der Waals surface area contributed by atoms with Crippen molar-refractivity contribution in [2.24, 2.45) is 0 Å². The van der Waals surface area contributed by atoms with Crippen LogP contribution in [0.15, 0.2) is 30.3 Å². The van der Waals surface area contributed by atoms with Crippen molar-refractivity contribution in [3.63, 3.8) is 0 Å². The molecule has 1 aromatic carbocycles. The number of ether oxygens (including phenoxy) is 1. The number of hydrogen-bond donors (Lipinski definition) is 0. The third-order valence-electron chi connectivity index (χ3n) is 3.00. The van der Waals surface area contributed by atoms with E-state index in [9.17, 15) is 4.79 Å². The Bertz CT molecular complexity index is 332. The van der Waals surface area contributed by atoms with Crippen LogP contribution in [0.25, 0.3) is 0 Å². The molecule has 0 N–H and O–H groups in total. The maximum absolute atomic E-state index is 11.0. The van der Waals surface area contributed by atoms with Gasteiger partial charge in [0.1, 0.15) is 6.10 Å². The minimum Gasteiger partial charge on any atom is -0.462 e. The van der Waals surface area contributed by atoms with E-state index in [0.29, 0.717) is 5.92 Å². The summed E-state index contributed by atoms with van der Waals surface area (Å²) in [6.45, 7) is 1.49. The average molecular weight is 204 g/mol. The lowest BCUT2D eigenvalue weighted by Crippen LogP contribution is -2.19. The van der Waals surface area contributed by atoms with Gasteiger partial charge in [0.15, 0.2) is 0 Å². The fourth-order valence-electron chi connectivity index (χ4n) is 2.36. The summed E-state index contributed by atoms with van der Waals surface area (Å²) in [7, 11) is 0. The van der Waals surface area contributed by atoms with Crippen LogP contribution >= 0.6 is 0 Å². The molecule has 0 bridgehead atoms. The summed E-state index contributed by atoms with van der Waals surface area (Å²) in [5.74, 6) is 0.234. The van der Waals surface area contributed by atoms with Gasteiger partial charge in [0.2, 0.25) is 0 Å². The molecular weight excluding hydrogens is 188 g/mol. The van der Waals surface area contributed by atoms with Crippen LogP contribution < -0.4 is 0 Å². The largest absolute Gasteiger partial charge is 0.462 e. The van der Waals surface area contributed by atoms with Crippen LogP contribution in [0, 0.1) is 0 Å². The second-order valence-electron chi connectivity index (χ2n) is 4.10. The van der Waals surface area contributed by atoms with E-state index in [0.717, 1.165) is 19.3 Å². The molecule has 0 spiro atoms. The summed E-state index contributed by atoms with van der Waals surface area (Å²) < 4.78 is 5.34. The van der Waals surface area contributed by atoms with E-state index < -0.39 is 0 Å². The summed E-state index contributed by atoms with van der Waals surface area (Å²) in [6.07, 6.45) is 3.36. The van der Waals surface area contributed by atoms with Gasteiger partial charge in [-0.05, 0) is 24.8 Å². The number of carbonyl (C=O) groups is 1. The lowest BCUT2D eigenvalue weighted by Gasteiger charge is -2.19. The molecule has 2 atom stereocenters.